The fourth-order valence-electron chi connectivity index (χ4n) is 3.78. The van der Waals surface area contributed by atoms with Gasteiger partial charge in [0.05, 0.1) is 6.54 Å². The molecule has 0 saturated heterocycles. The lowest BCUT2D eigenvalue weighted by molar-refractivity contribution is -0.274. The number of halogens is 3. The van der Waals surface area contributed by atoms with Crippen molar-refractivity contribution in [3.63, 3.8) is 0 Å². The summed E-state index contributed by atoms with van der Waals surface area (Å²) in [7, 11) is 1.94. The average Bonchev–Trinajstić information content (AvgIpc) is 3.22. The van der Waals surface area contributed by atoms with Gasteiger partial charge < -0.3 is 19.7 Å². The second-order valence-electron chi connectivity index (χ2n) is 7.97. The van der Waals surface area contributed by atoms with Crippen LogP contribution < -0.4 is 19.7 Å². The number of ether oxygens (including phenoxy) is 2. The minimum Gasteiger partial charge on any atom is -0.486 e. The Hall–Kier alpha value is -4.02. The summed E-state index contributed by atoms with van der Waals surface area (Å²) in [5.41, 5.74) is 3.73. The summed E-state index contributed by atoms with van der Waals surface area (Å²) in [6.07, 6.45) is -4.80. The fourth-order valence-corrected chi connectivity index (χ4v) is 3.78. The van der Waals surface area contributed by atoms with E-state index in [0.29, 0.717) is 42.5 Å². The minimum atomic E-state index is -4.80. The number of fused-ring (bicyclic) bond motifs is 3. The molecule has 1 aliphatic heterocycles. The van der Waals surface area contributed by atoms with Crippen LogP contribution in [-0.2, 0) is 6.54 Å². The molecule has 3 heterocycles. The van der Waals surface area contributed by atoms with Crippen LogP contribution in [0.15, 0.2) is 48.5 Å². The molecular formula is C23H21F3N6O2. The molecule has 1 N–H and O–H groups in total. The number of aromatic nitrogens is 4. The van der Waals surface area contributed by atoms with Crippen LogP contribution in [-0.4, -0.2) is 46.4 Å². The van der Waals surface area contributed by atoms with E-state index in [1.54, 1.807) is 6.07 Å². The molecule has 8 nitrogen and oxygen atoms in total. The van der Waals surface area contributed by atoms with Gasteiger partial charge in [-0.15, -0.1) is 28.5 Å². The van der Waals surface area contributed by atoms with Crippen molar-refractivity contribution in [2.24, 2.45) is 0 Å². The molecule has 0 unspecified atom stereocenters. The molecule has 0 bridgehead atoms. The Morgan fingerprint density at radius 3 is 2.68 bits per heavy atom. The predicted octanol–water partition coefficient (Wildman–Crippen LogP) is 4.44. The average molecular weight is 470 g/mol. The van der Waals surface area contributed by atoms with Crippen molar-refractivity contribution >= 4 is 17.2 Å². The van der Waals surface area contributed by atoms with E-state index in [0.717, 1.165) is 11.3 Å². The number of rotatable bonds is 5. The van der Waals surface area contributed by atoms with Crippen molar-refractivity contribution in [1.29, 1.82) is 0 Å². The van der Waals surface area contributed by atoms with Crippen LogP contribution >= 0.6 is 0 Å². The zero-order valence-corrected chi connectivity index (χ0v) is 18.4. The molecule has 0 amide bonds. The molecule has 176 valence electrons. The van der Waals surface area contributed by atoms with E-state index >= 15 is 0 Å². The van der Waals surface area contributed by atoms with Crippen molar-refractivity contribution in [2.75, 3.05) is 30.4 Å². The van der Waals surface area contributed by atoms with Gasteiger partial charge in [-0.2, -0.15) is 4.52 Å². The van der Waals surface area contributed by atoms with Gasteiger partial charge in [0.2, 0.25) is 5.65 Å². The summed E-state index contributed by atoms with van der Waals surface area (Å²) in [6, 6.07) is 13.7. The number of alkyl halides is 3. The van der Waals surface area contributed by atoms with Gasteiger partial charge in [0, 0.05) is 19.2 Å². The molecule has 34 heavy (non-hydrogen) atoms. The Morgan fingerprint density at radius 1 is 1.12 bits per heavy atom. The summed E-state index contributed by atoms with van der Waals surface area (Å²) in [5, 5.41) is 16.5. The minimum absolute atomic E-state index is 0.264. The molecule has 0 radical (unpaired) electrons. The van der Waals surface area contributed by atoms with Crippen LogP contribution in [0, 0.1) is 6.92 Å². The van der Waals surface area contributed by atoms with E-state index < -0.39 is 6.36 Å². The highest BCUT2D eigenvalue weighted by Gasteiger charge is 2.31. The maximum Gasteiger partial charge on any atom is 0.573 e. The first-order chi connectivity index (χ1) is 16.3. The topological polar surface area (TPSA) is 76.8 Å². The molecular weight excluding hydrogens is 449 g/mol. The van der Waals surface area contributed by atoms with Crippen LogP contribution in [0.2, 0.25) is 0 Å². The largest absolute Gasteiger partial charge is 0.573 e. The zero-order valence-electron chi connectivity index (χ0n) is 18.4. The Kier molecular flexibility index (Phi) is 5.39. The van der Waals surface area contributed by atoms with Crippen molar-refractivity contribution in [1.82, 2.24) is 19.8 Å². The Balaban J connectivity index is 1.57. The molecule has 11 heteroatoms. The van der Waals surface area contributed by atoms with Gasteiger partial charge in [-0.1, -0.05) is 42.0 Å². The van der Waals surface area contributed by atoms with Crippen LogP contribution in [0.4, 0.5) is 24.7 Å². The maximum atomic E-state index is 12.7. The first kappa shape index (κ1) is 21.8. The zero-order chi connectivity index (χ0) is 23.9. The van der Waals surface area contributed by atoms with E-state index in [1.807, 2.05) is 43.1 Å². The molecule has 0 saturated carbocycles. The molecule has 0 spiro atoms. The first-order valence-electron chi connectivity index (χ1n) is 10.6. The van der Waals surface area contributed by atoms with Gasteiger partial charge in [0.1, 0.15) is 18.0 Å². The molecule has 0 fully saturated rings. The molecule has 2 aromatic carbocycles. The van der Waals surface area contributed by atoms with Gasteiger partial charge in [0.15, 0.2) is 17.4 Å². The molecule has 4 aromatic rings. The van der Waals surface area contributed by atoms with Crippen molar-refractivity contribution in [3.05, 3.63) is 59.7 Å². The predicted molar refractivity (Wildman–Crippen MR) is 120 cm³/mol. The molecule has 0 aliphatic carbocycles. The van der Waals surface area contributed by atoms with Gasteiger partial charge in [-0.3, -0.25) is 0 Å². The van der Waals surface area contributed by atoms with Gasteiger partial charge in [0.25, 0.3) is 0 Å². The summed E-state index contributed by atoms with van der Waals surface area (Å²) < 4.78 is 49.6. The molecule has 1 aliphatic rings. The number of hydrogen-bond acceptors (Lipinski definition) is 7. The Bertz CT molecular complexity index is 1340. The highest BCUT2D eigenvalue weighted by molar-refractivity contribution is 5.82. The lowest BCUT2D eigenvalue weighted by Gasteiger charge is -2.29. The monoisotopic (exact) mass is 470 g/mol. The quantitative estimate of drug-likeness (QED) is 0.462. The normalized spacial score (nSPS) is 13.5. The SMILES string of the molecule is Cc1ccc(CNc2nn3c(-c4cccc(OC(F)(F)F)c4)nnc3c3c2N(C)CCO3)cc1. The third-order valence-electron chi connectivity index (χ3n) is 5.44. The van der Waals surface area contributed by atoms with Crippen LogP contribution in [0.25, 0.3) is 17.0 Å². The lowest BCUT2D eigenvalue weighted by Crippen LogP contribution is -2.30. The lowest BCUT2D eigenvalue weighted by atomic mass is 10.1. The molecule has 2 aromatic heterocycles. The smallest absolute Gasteiger partial charge is 0.486 e. The van der Waals surface area contributed by atoms with Crippen LogP contribution in [0.1, 0.15) is 11.1 Å². The second kappa shape index (κ2) is 8.40. The van der Waals surface area contributed by atoms with Gasteiger partial charge in [-0.25, -0.2) is 0 Å². The maximum absolute atomic E-state index is 12.7. The third kappa shape index (κ3) is 4.28. The van der Waals surface area contributed by atoms with Crippen LogP contribution in [0.5, 0.6) is 11.5 Å². The first-order valence-corrected chi connectivity index (χ1v) is 10.6. The second-order valence-corrected chi connectivity index (χ2v) is 7.97. The summed E-state index contributed by atoms with van der Waals surface area (Å²) >= 11 is 0. The van der Waals surface area contributed by atoms with Crippen LogP contribution in [0.3, 0.4) is 0 Å². The standard InChI is InChI=1S/C23H21F3N6O2/c1-14-6-8-15(9-7-14)13-27-20-18-19(33-11-10-31(18)2)22-29-28-21(32(22)30-20)16-4-3-5-17(12-16)34-23(24,25)26/h3-9,12H,10-11,13H2,1-2H3,(H,27,30). The highest BCUT2D eigenvalue weighted by atomic mass is 19.4. The van der Waals surface area contributed by atoms with E-state index in [-0.39, 0.29) is 11.6 Å². The summed E-state index contributed by atoms with van der Waals surface area (Å²) in [5.74, 6) is 0.972. The fraction of sp³-hybridized carbons (Fsp3) is 0.261. The highest BCUT2D eigenvalue weighted by Crippen LogP contribution is 2.40. The van der Waals surface area contributed by atoms with Gasteiger partial charge in [-0.05, 0) is 24.6 Å². The number of anilines is 2. The summed E-state index contributed by atoms with van der Waals surface area (Å²) in [6.45, 7) is 3.67. The van der Waals surface area contributed by atoms with E-state index in [2.05, 4.69) is 20.3 Å². The van der Waals surface area contributed by atoms with E-state index in [4.69, 9.17) is 9.84 Å². The number of aryl methyl sites for hydroxylation is 1. The van der Waals surface area contributed by atoms with E-state index in [9.17, 15) is 13.2 Å². The Labute approximate surface area is 192 Å². The molecule has 0 atom stereocenters. The Morgan fingerprint density at radius 2 is 1.91 bits per heavy atom. The number of likely N-dealkylation sites (N-methyl/N-ethyl adjacent to an activating group) is 1. The van der Waals surface area contributed by atoms with Crippen molar-refractivity contribution < 1.29 is 22.6 Å². The van der Waals surface area contributed by atoms with E-state index in [1.165, 1.54) is 28.3 Å². The number of nitrogens with one attached hydrogen (secondary N) is 1. The summed E-state index contributed by atoms with van der Waals surface area (Å²) in [4.78, 5) is 2.02. The molecule has 5 rings (SSSR count). The number of hydrogen-bond donors (Lipinski definition) is 1. The number of benzene rings is 2. The number of nitrogens with zero attached hydrogens (tertiary/aromatic N) is 5. The van der Waals surface area contributed by atoms with Crippen molar-refractivity contribution in [2.45, 2.75) is 19.8 Å². The van der Waals surface area contributed by atoms with Crippen molar-refractivity contribution in [3.8, 4) is 22.9 Å². The van der Waals surface area contributed by atoms with Gasteiger partial charge >= 0.3 is 6.36 Å². The third-order valence-corrected chi connectivity index (χ3v) is 5.44.